The molecule has 0 spiro atoms. The highest BCUT2D eigenvalue weighted by Gasteiger charge is 2.07. The van der Waals surface area contributed by atoms with Crippen LogP contribution in [-0.2, 0) is 6.54 Å². The van der Waals surface area contributed by atoms with Gasteiger partial charge in [-0.3, -0.25) is 15.1 Å². The van der Waals surface area contributed by atoms with Gasteiger partial charge >= 0.3 is 0 Å². The van der Waals surface area contributed by atoms with Crippen molar-refractivity contribution in [2.24, 2.45) is 0 Å². The van der Waals surface area contributed by atoms with Gasteiger partial charge in [-0.2, -0.15) is 0 Å². The van der Waals surface area contributed by atoms with Crippen LogP contribution < -0.4 is 5.32 Å². The number of nitrogens with one attached hydrogen (secondary N) is 1. The lowest BCUT2D eigenvalue weighted by Gasteiger charge is -2.11. The lowest BCUT2D eigenvalue weighted by atomic mass is 10.2. The van der Waals surface area contributed by atoms with E-state index in [0.29, 0.717) is 6.54 Å². The molecule has 0 radical (unpaired) electrons. The Balaban J connectivity index is 1.92. The Morgan fingerprint density at radius 3 is 2.72 bits per heavy atom. The molecule has 2 aromatic rings. The Morgan fingerprint density at radius 2 is 2.17 bits per heavy atom. The normalized spacial score (nSPS) is 12.3. The topological polar surface area (TPSA) is 68.1 Å². The van der Waals surface area contributed by atoms with Crippen LogP contribution in [0.25, 0.3) is 0 Å². The van der Waals surface area contributed by atoms with Gasteiger partial charge in [-0.25, -0.2) is 0 Å². The van der Waals surface area contributed by atoms with Crippen molar-refractivity contribution < 1.29 is 4.92 Å². The van der Waals surface area contributed by atoms with E-state index in [1.807, 2.05) is 6.20 Å². The molecule has 0 aliphatic carbocycles. The molecule has 1 aromatic heterocycles. The molecule has 1 atom stereocenters. The van der Waals surface area contributed by atoms with Crippen molar-refractivity contribution in [1.82, 2.24) is 10.3 Å². The number of rotatable bonds is 5. The highest BCUT2D eigenvalue weighted by Crippen LogP contribution is 2.17. The van der Waals surface area contributed by atoms with Crippen LogP contribution in [0.3, 0.4) is 0 Å². The van der Waals surface area contributed by atoms with Crippen LogP contribution in [0, 0.1) is 10.1 Å². The summed E-state index contributed by atoms with van der Waals surface area (Å²) in [4.78, 5) is 15.3. The zero-order valence-corrected chi connectivity index (χ0v) is 10.7. The van der Waals surface area contributed by atoms with Crippen LogP contribution in [-0.4, -0.2) is 9.91 Å². The average Bonchev–Trinajstić information content (AvgIpc) is 2.90. The standard InChI is InChI=1S/C12H13N3O2S/c1-9(12-7-13-8-18-12)14-6-10-2-4-11(5-3-10)15(16)17/h2-5,7-9,14H,6H2,1H3. The van der Waals surface area contributed by atoms with E-state index >= 15 is 0 Å². The first-order valence-electron chi connectivity index (χ1n) is 5.52. The zero-order valence-electron chi connectivity index (χ0n) is 9.87. The van der Waals surface area contributed by atoms with Crippen molar-refractivity contribution >= 4 is 17.0 Å². The Bertz CT molecular complexity index is 511. The maximum Gasteiger partial charge on any atom is 0.269 e. The summed E-state index contributed by atoms with van der Waals surface area (Å²) < 4.78 is 0. The third kappa shape index (κ3) is 3.12. The third-order valence-electron chi connectivity index (χ3n) is 2.64. The van der Waals surface area contributed by atoms with Gasteiger partial charge in [-0.05, 0) is 12.5 Å². The summed E-state index contributed by atoms with van der Waals surface area (Å²) in [6, 6.07) is 6.81. The predicted octanol–water partition coefficient (Wildman–Crippen LogP) is 2.90. The Kier molecular flexibility index (Phi) is 4.01. The molecule has 1 unspecified atom stereocenters. The molecule has 18 heavy (non-hydrogen) atoms. The molecular formula is C12H13N3O2S. The molecule has 5 nitrogen and oxygen atoms in total. The fourth-order valence-corrected chi connectivity index (χ4v) is 2.20. The van der Waals surface area contributed by atoms with Crippen molar-refractivity contribution in [1.29, 1.82) is 0 Å². The third-order valence-corrected chi connectivity index (χ3v) is 3.60. The maximum atomic E-state index is 10.5. The van der Waals surface area contributed by atoms with Crippen LogP contribution in [0.2, 0.25) is 0 Å². The monoisotopic (exact) mass is 263 g/mol. The molecule has 1 N–H and O–H groups in total. The second-order valence-corrected chi connectivity index (χ2v) is 4.85. The molecule has 0 saturated carbocycles. The second kappa shape index (κ2) is 5.70. The smallest absolute Gasteiger partial charge is 0.269 e. The highest BCUT2D eigenvalue weighted by molar-refractivity contribution is 7.09. The number of hydrogen-bond donors (Lipinski definition) is 1. The van der Waals surface area contributed by atoms with Gasteiger partial charge in [0, 0.05) is 35.8 Å². The van der Waals surface area contributed by atoms with Gasteiger partial charge < -0.3 is 5.32 Å². The van der Waals surface area contributed by atoms with Gasteiger partial charge in [-0.1, -0.05) is 12.1 Å². The van der Waals surface area contributed by atoms with E-state index in [9.17, 15) is 10.1 Å². The van der Waals surface area contributed by atoms with Gasteiger partial charge in [0.2, 0.25) is 0 Å². The van der Waals surface area contributed by atoms with Gasteiger partial charge in [0.05, 0.1) is 10.4 Å². The first-order chi connectivity index (χ1) is 8.66. The largest absolute Gasteiger partial charge is 0.305 e. The Hall–Kier alpha value is -1.79. The molecule has 1 heterocycles. The summed E-state index contributed by atoms with van der Waals surface area (Å²) >= 11 is 1.61. The first-order valence-corrected chi connectivity index (χ1v) is 6.40. The molecule has 0 aliphatic rings. The van der Waals surface area contributed by atoms with E-state index in [1.54, 1.807) is 29.0 Å². The molecule has 0 saturated heterocycles. The lowest BCUT2D eigenvalue weighted by molar-refractivity contribution is -0.384. The fraction of sp³-hybridized carbons (Fsp3) is 0.250. The van der Waals surface area contributed by atoms with Crippen molar-refractivity contribution in [3.63, 3.8) is 0 Å². The number of nitro groups is 1. The van der Waals surface area contributed by atoms with E-state index < -0.39 is 4.92 Å². The minimum absolute atomic E-state index is 0.120. The van der Waals surface area contributed by atoms with Gasteiger partial charge in [-0.15, -0.1) is 11.3 Å². The quantitative estimate of drug-likeness (QED) is 0.665. The van der Waals surface area contributed by atoms with E-state index in [0.717, 1.165) is 5.56 Å². The maximum absolute atomic E-state index is 10.5. The Morgan fingerprint density at radius 1 is 1.44 bits per heavy atom. The molecule has 1 aromatic carbocycles. The molecular weight excluding hydrogens is 250 g/mol. The molecule has 6 heteroatoms. The van der Waals surface area contributed by atoms with E-state index in [2.05, 4.69) is 17.2 Å². The molecule has 2 rings (SSSR count). The van der Waals surface area contributed by atoms with E-state index in [1.165, 1.54) is 17.0 Å². The molecule has 0 amide bonds. The van der Waals surface area contributed by atoms with Crippen LogP contribution in [0.5, 0.6) is 0 Å². The number of benzene rings is 1. The number of hydrogen-bond acceptors (Lipinski definition) is 5. The van der Waals surface area contributed by atoms with Crippen molar-refractivity contribution in [3.05, 3.63) is 56.5 Å². The summed E-state index contributed by atoms with van der Waals surface area (Å²) in [5.74, 6) is 0. The Labute approximate surface area is 109 Å². The van der Waals surface area contributed by atoms with Crippen LogP contribution in [0.4, 0.5) is 5.69 Å². The summed E-state index contributed by atoms with van der Waals surface area (Å²) in [5, 5.41) is 13.9. The van der Waals surface area contributed by atoms with Crippen LogP contribution in [0.15, 0.2) is 36.0 Å². The second-order valence-electron chi connectivity index (χ2n) is 3.93. The fourth-order valence-electron chi connectivity index (χ4n) is 1.55. The van der Waals surface area contributed by atoms with Crippen molar-refractivity contribution in [2.75, 3.05) is 0 Å². The summed E-state index contributed by atoms with van der Waals surface area (Å²) in [6.45, 7) is 2.75. The number of nitro benzene ring substituents is 1. The molecule has 94 valence electrons. The minimum Gasteiger partial charge on any atom is -0.305 e. The van der Waals surface area contributed by atoms with Gasteiger partial charge in [0.1, 0.15) is 0 Å². The summed E-state index contributed by atoms with van der Waals surface area (Å²) in [5.41, 5.74) is 2.95. The number of thiazole rings is 1. The first kappa shape index (κ1) is 12.7. The van der Waals surface area contributed by atoms with E-state index in [4.69, 9.17) is 0 Å². The zero-order chi connectivity index (χ0) is 13.0. The van der Waals surface area contributed by atoms with Crippen LogP contribution >= 0.6 is 11.3 Å². The number of aromatic nitrogens is 1. The lowest BCUT2D eigenvalue weighted by Crippen LogP contribution is -2.17. The molecule has 0 fully saturated rings. The summed E-state index contributed by atoms with van der Waals surface area (Å²) in [7, 11) is 0. The number of nitrogens with zero attached hydrogens (tertiary/aromatic N) is 2. The molecule has 0 bridgehead atoms. The van der Waals surface area contributed by atoms with Gasteiger partial charge in [0.25, 0.3) is 5.69 Å². The minimum atomic E-state index is -0.392. The van der Waals surface area contributed by atoms with Crippen molar-refractivity contribution in [2.45, 2.75) is 19.5 Å². The average molecular weight is 263 g/mol. The van der Waals surface area contributed by atoms with Crippen molar-refractivity contribution in [3.8, 4) is 0 Å². The van der Waals surface area contributed by atoms with Crippen LogP contribution in [0.1, 0.15) is 23.4 Å². The number of non-ortho nitro benzene ring substituents is 1. The molecule has 0 aliphatic heterocycles. The van der Waals surface area contributed by atoms with E-state index in [-0.39, 0.29) is 11.7 Å². The SMILES string of the molecule is CC(NCc1ccc([N+](=O)[O-])cc1)c1cncs1. The van der Waals surface area contributed by atoms with Gasteiger partial charge in [0.15, 0.2) is 0 Å². The predicted molar refractivity (Wildman–Crippen MR) is 70.5 cm³/mol. The highest BCUT2D eigenvalue weighted by atomic mass is 32.1. The summed E-state index contributed by atoms with van der Waals surface area (Å²) in [6.07, 6.45) is 1.85.